The summed E-state index contributed by atoms with van der Waals surface area (Å²) in [4.78, 5) is 2.81. The Bertz CT molecular complexity index is 1070. The number of aliphatic hydroxyl groups is 1. The topological polar surface area (TPSA) is 81.5 Å². The fourth-order valence-corrected chi connectivity index (χ4v) is 5.66. The summed E-state index contributed by atoms with van der Waals surface area (Å²) < 4.78 is 32.1. The molecule has 2 atom stereocenters. The van der Waals surface area contributed by atoms with Gasteiger partial charge in [0.15, 0.2) is 0 Å². The maximum atomic E-state index is 13.2. The number of nitrogens with zero attached hydrogens (tertiary/aromatic N) is 3. The third kappa shape index (κ3) is 6.28. The van der Waals surface area contributed by atoms with Gasteiger partial charge in [0.1, 0.15) is 18.4 Å². The minimum absolute atomic E-state index is 0.0761. The molecule has 1 saturated heterocycles. The van der Waals surface area contributed by atoms with Crippen LogP contribution >= 0.6 is 23.2 Å². The molecule has 0 bridgehead atoms. The summed E-state index contributed by atoms with van der Waals surface area (Å²) in [5, 5.41) is 15.6. The van der Waals surface area contributed by atoms with Crippen LogP contribution in [0.1, 0.15) is 74.6 Å². The van der Waals surface area contributed by atoms with Crippen LogP contribution in [-0.2, 0) is 4.74 Å². The van der Waals surface area contributed by atoms with Crippen LogP contribution in [0.4, 0.5) is 8.78 Å². The molecule has 1 heterocycles. The van der Waals surface area contributed by atoms with Gasteiger partial charge in [-0.25, -0.2) is 8.78 Å². The van der Waals surface area contributed by atoms with Gasteiger partial charge in [-0.15, -0.1) is 0 Å². The van der Waals surface area contributed by atoms with Crippen molar-refractivity contribution in [2.45, 2.75) is 87.1 Å². The Balaban J connectivity index is 0.000000167. The zero-order chi connectivity index (χ0) is 25.1. The lowest BCUT2D eigenvalue weighted by Gasteiger charge is -2.38. The predicted molar refractivity (Wildman–Crippen MR) is 133 cm³/mol. The maximum absolute atomic E-state index is 13.2. The summed E-state index contributed by atoms with van der Waals surface area (Å²) in [5.41, 5.74) is 9.22. The molecule has 35 heavy (non-hydrogen) atoms. The minimum Gasteiger partial charge on any atom is -0.389 e. The van der Waals surface area contributed by atoms with Crippen LogP contribution in [0.15, 0.2) is 53.6 Å². The summed E-state index contributed by atoms with van der Waals surface area (Å²) in [7, 11) is 0. The summed E-state index contributed by atoms with van der Waals surface area (Å²) >= 11 is 11.9. The Labute approximate surface area is 214 Å². The van der Waals surface area contributed by atoms with E-state index in [-0.39, 0.29) is 37.4 Å². The van der Waals surface area contributed by atoms with Crippen molar-refractivity contribution in [3.05, 3.63) is 80.1 Å². The lowest BCUT2D eigenvalue weighted by molar-refractivity contribution is -0.0361. The van der Waals surface area contributed by atoms with Crippen molar-refractivity contribution in [1.29, 1.82) is 0 Å². The van der Waals surface area contributed by atoms with Gasteiger partial charge in [-0.1, -0.05) is 52.6 Å². The molecule has 1 N–H and O–H groups in total. The Hall–Kier alpha value is -1.89. The Morgan fingerprint density at radius 3 is 2.09 bits per heavy atom. The number of hydrogen-bond donors (Lipinski definition) is 1. The Kier molecular flexibility index (Phi) is 8.24. The number of alkyl halides is 2. The number of ether oxygens (including phenoxy) is 1. The van der Waals surface area contributed by atoms with Crippen molar-refractivity contribution >= 4 is 23.2 Å². The molecule has 5 nitrogen and oxygen atoms in total. The van der Waals surface area contributed by atoms with Crippen LogP contribution in [-0.4, -0.2) is 28.7 Å². The van der Waals surface area contributed by atoms with Gasteiger partial charge in [0.05, 0.1) is 17.2 Å². The van der Waals surface area contributed by atoms with Crippen LogP contribution in [0.2, 0.25) is 10.0 Å². The van der Waals surface area contributed by atoms with E-state index in [0.29, 0.717) is 23.4 Å². The predicted octanol–water partition coefficient (Wildman–Crippen LogP) is 8.40. The molecule has 1 aliphatic heterocycles. The zero-order valence-electron chi connectivity index (χ0n) is 19.3. The summed E-state index contributed by atoms with van der Waals surface area (Å²) in [5.74, 6) is 0. The maximum Gasteiger partial charge on any atom is 0.112 e. The van der Waals surface area contributed by atoms with Gasteiger partial charge in [-0.3, -0.25) is 0 Å². The molecule has 0 aromatic heterocycles. The summed E-state index contributed by atoms with van der Waals surface area (Å²) in [6.45, 7) is 0. The standard InChI is InChI=1S/C13H15ClFN3O.C13H14ClFO/c14-10-3-1-2-9(8-10)12(17-18-16)13(19)6-4-11(15)5-7-13;14-10-3-1-2-9(8-10)12-13(16-12)6-4-11(15)5-7-13/h1-3,8,11-12,19H,4-7H2;1-3,8,11-12H,4-7H2/t2*11?,12-,13?/m01/s1. The van der Waals surface area contributed by atoms with Gasteiger partial charge in [0.2, 0.25) is 0 Å². The zero-order valence-corrected chi connectivity index (χ0v) is 20.8. The average Bonchev–Trinajstić information content (AvgIpc) is 3.55. The van der Waals surface area contributed by atoms with Gasteiger partial charge in [-0.2, -0.15) is 0 Å². The number of hydrogen-bond acceptors (Lipinski definition) is 3. The monoisotopic (exact) mass is 523 g/mol. The Morgan fingerprint density at radius 2 is 1.51 bits per heavy atom. The second-order valence-electron chi connectivity index (χ2n) is 9.73. The summed E-state index contributed by atoms with van der Waals surface area (Å²) in [6, 6.07) is 13.9. The van der Waals surface area contributed by atoms with Gasteiger partial charge in [0, 0.05) is 15.0 Å². The van der Waals surface area contributed by atoms with Crippen molar-refractivity contribution in [1.82, 2.24) is 0 Å². The molecule has 5 rings (SSSR count). The number of azide groups is 1. The molecular weight excluding hydrogens is 495 g/mol. The highest BCUT2D eigenvalue weighted by atomic mass is 35.5. The van der Waals surface area contributed by atoms with E-state index < -0.39 is 24.0 Å². The number of epoxide rings is 1. The second-order valence-corrected chi connectivity index (χ2v) is 10.6. The van der Waals surface area contributed by atoms with Crippen LogP contribution in [0.5, 0.6) is 0 Å². The van der Waals surface area contributed by atoms with Crippen molar-refractivity contribution in [3.63, 3.8) is 0 Å². The molecule has 1 spiro atoms. The highest BCUT2D eigenvalue weighted by molar-refractivity contribution is 6.30. The van der Waals surface area contributed by atoms with Gasteiger partial charge in [-0.05, 0) is 92.3 Å². The highest BCUT2D eigenvalue weighted by Crippen LogP contribution is 2.58. The smallest absolute Gasteiger partial charge is 0.112 e. The first kappa shape index (κ1) is 26.2. The third-order valence-corrected chi connectivity index (χ3v) is 7.78. The molecule has 0 amide bonds. The quantitative estimate of drug-likeness (QED) is 0.189. The van der Waals surface area contributed by atoms with E-state index in [1.807, 2.05) is 24.3 Å². The van der Waals surface area contributed by atoms with E-state index in [1.54, 1.807) is 24.3 Å². The summed E-state index contributed by atoms with van der Waals surface area (Å²) in [6.07, 6.45) is 2.71. The SMILES string of the molecule is FC1CCC2(CC1)O[C@@H]2c1cccc(Cl)c1.[N-]=[N+]=N[C@@H](c1cccc(Cl)c1)C1(O)CCC(F)CC1. The fourth-order valence-electron chi connectivity index (χ4n) is 5.26. The van der Waals surface area contributed by atoms with E-state index >= 15 is 0 Å². The van der Waals surface area contributed by atoms with Crippen molar-refractivity contribution in [3.8, 4) is 0 Å². The molecular formula is C26H29Cl2F2N3O2. The molecule has 0 unspecified atom stereocenters. The van der Waals surface area contributed by atoms with Crippen LogP contribution < -0.4 is 0 Å². The van der Waals surface area contributed by atoms with Crippen LogP contribution in [0.25, 0.3) is 10.4 Å². The van der Waals surface area contributed by atoms with Crippen molar-refractivity contribution in [2.24, 2.45) is 5.11 Å². The highest BCUT2D eigenvalue weighted by Gasteiger charge is 2.57. The van der Waals surface area contributed by atoms with Crippen molar-refractivity contribution in [2.75, 3.05) is 0 Å². The Morgan fingerprint density at radius 1 is 0.943 bits per heavy atom. The lowest BCUT2D eigenvalue weighted by Crippen LogP contribution is -2.39. The molecule has 3 aliphatic rings. The van der Waals surface area contributed by atoms with E-state index in [9.17, 15) is 13.9 Å². The molecule has 188 valence electrons. The van der Waals surface area contributed by atoms with Gasteiger partial charge < -0.3 is 9.84 Å². The fraction of sp³-hybridized carbons (Fsp3) is 0.538. The normalized spacial score (nSPS) is 32.7. The second kappa shape index (κ2) is 11.0. The number of rotatable bonds is 4. The molecule has 9 heteroatoms. The van der Waals surface area contributed by atoms with E-state index in [2.05, 4.69) is 10.0 Å². The van der Waals surface area contributed by atoms with Crippen LogP contribution in [0, 0.1) is 0 Å². The lowest BCUT2D eigenvalue weighted by atomic mass is 9.76. The largest absolute Gasteiger partial charge is 0.389 e. The molecule has 0 radical (unpaired) electrons. The minimum atomic E-state index is -1.19. The molecule has 2 aromatic rings. The number of benzene rings is 2. The first-order chi connectivity index (χ1) is 16.7. The van der Waals surface area contributed by atoms with E-state index in [1.165, 1.54) is 0 Å². The van der Waals surface area contributed by atoms with Gasteiger partial charge in [0.25, 0.3) is 0 Å². The molecule has 2 aliphatic carbocycles. The average molecular weight is 524 g/mol. The number of halogens is 4. The first-order valence-corrected chi connectivity index (χ1v) is 12.7. The van der Waals surface area contributed by atoms with E-state index in [0.717, 1.165) is 23.4 Å². The first-order valence-electron chi connectivity index (χ1n) is 12.0. The molecule has 2 aromatic carbocycles. The third-order valence-electron chi connectivity index (χ3n) is 7.31. The van der Waals surface area contributed by atoms with Gasteiger partial charge >= 0.3 is 0 Å². The molecule has 3 fully saturated rings. The van der Waals surface area contributed by atoms with E-state index in [4.69, 9.17) is 33.5 Å². The van der Waals surface area contributed by atoms with Crippen molar-refractivity contribution < 1.29 is 18.6 Å². The molecule has 2 saturated carbocycles. The van der Waals surface area contributed by atoms with Crippen LogP contribution in [0.3, 0.4) is 0 Å².